The summed E-state index contributed by atoms with van der Waals surface area (Å²) >= 11 is 0. The van der Waals surface area contributed by atoms with Crippen LogP contribution in [0.15, 0.2) is 71.3 Å². The summed E-state index contributed by atoms with van der Waals surface area (Å²) in [6.07, 6.45) is 2.22. The topological polar surface area (TPSA) is 92.1 Å². The quantitative estimate of drug-likeness (QED) is 0.573. The highest BCUT2D eigenvalue weighted by atomic mass is 19.1. The van der Waals surface area contributed by atoms with Gasteiger partial charge in [-0.3, -0.25) is 19.3 Å². The van der Waals surface area contributed by atoms with Crippen LogP contribution in [0.5, 0.6) is 0 Å². The molecule has 5 rings (SSSR count). The lowest BCUT2D eigenvalue weighted by Crippen LogP contribution is -2.59. The van der Waals surface area contributed by atoms with Crippen molar-refractivity contribution in [3.63, 3.8) is 0 Å². The minimum atomic E-state index is -1.02. The Bertz CT molecular complexity index is 1280. The van der Waals surface area contributed by atoms with E-state index in [0.29, 0.717) is 42.8 Å². The van der Waals surface area contributed by atoms with Gasteiger partial charge in [-0.1, -0.05) is 17.7 Å². The second kappa shape index (κ2) is 10.2. The van der Waals surface area contributed by atoms with Crippen molar-refractivity contribution in [2.45, 2.75) is 38.1 Å². The Labute approximate surface area is 214 Å². The third-order valence-corrected chi connectivity index (χ3v) is 6.99. The van der Waals surface area contributed by atoms with E-state index in [0.717, 1.165) is 5.56 Å². The van der Waals surface area contributed by atoms with Crippen LogP contribution < -0.4 is 5.32 Å². The predicted molar refractivity (Wildman–Crippen MR) is 132 cm³/mol. The van der Waals surface area contributed by atoms with Crippen LogP contribution in [0.4, 0.5) is 4.39 Å². The van der Waals surface area contributed by atoms with E-state index >= 15 is 0 Å². The summed E-state index contributed by atoms with van der Waals surface area (Å²) in [5.74, 6) is -0.643. The maximum Gasteiger partial charge on any atom is 0.256 e. The smallest absolute Gasteiger partial charge is 0.256 e. The monoisotopic (exact) mass is 505 g/mol. The predicted octanol–water partition coefficient (Wildman–Crippen LogP) is 3.52. The molecule has 2 saturated heterocycles. The van der Waals surface area contributed by atoms with Crippen LogP contribution in [0.25, 0.3) is 0 Å². The van der Waals surface area contributed by atoms with Crippen molar-refractivity contribution in [3.05, 3.63) is 95.2 Å². The van der Waals surface area contributed by atoms with Crippen LogP contribution in [0, 0.1) is 12.7 Å². The number of aryl methyl sites for hydroxylation is 1. The third kappa shape index (κ3) is 4.99. The highest BCUT2D eigenvalue weighted by Gasteiger charge is 2.54. The number of hydrogen-bond donors (Lipinski definition) is 1. The second-order valence-corrected chi connectivity index (χ2v) is 9.41. The van der Waals surface area contributed by atoms with Gasteiger partial charge in [0.15, 0.2) is 0 Å². The lowest BCUT2D eigenvalue weighted by atomic mass is 9.95. The molecular formula is C28H28FN3O5. The average Bonchev–Trinajstić information content (AvgIpc) is 3.56. The van der Waals surface area contributed by atoms with Crippen LogP contribution in [0.1, 0.15) is 44.9 Å². The molecule has 1 N–H and O–H groups in total. The largest absolute Gasteiger partial charge is 0.467 e. The maximum absolute atomic E-state index is 13.8. The molecule has 0 radical (unpaired) electrons. The second-order valence-electron chi connectivity index (χ2n) is 9.41. The van der Waals surface area contributed by atoms with Crippen LogP contribution in [-0.4, -0.2) is 59.0 Å². The first kappa shape index (κ1) is 24.7. The van der Waals surface area contributed by atoms with E-state index in [9.17, 15) is 18.8 Å². The Balaban J connectivity index is 1.36. The van der Waals surface area contributed by atoms with Gasteiger partial charge in [0, 0.05) is 37.1 Å². The highest BCUT2D eigenvalue weighted by molar-refractivity contribution is 5.99. The fourth-order valence-corrected chi connectivity index (χ4v) is 5.02. The molecule has 1 atom stereocenters. The van der Waals surface area contributed by atoms with Crippen LogP contribution in [0.2, 0.25) is 0 Å². The van der Waals surface area contributed by atoms with Crippen molar-refractivity contribution < 1.29 is 27.9 Å². The van der Waals surface area contributed by atoms with Gasteiger partial charge in [-0.25, -0.2) is 4.39 Å². The minimum absolute atomic E-state index is 0.0491. The number of benzene rings is 2. The van der Waals surface area contributed by atoms with Gasteiger partial charge in [-0.2, -0.15) is 0 Å². The van der Waals surface area contributed by atoms with E-state index in [1.165, 1.54) is 30.5 Å². The summed E-state index contributed by atoms with van der Waals surface area (Å²) in [7, 11) is 0. The molecule has 37 heavy (non-hydrogen) atoms. The van der Waals surface area contributed by atoms with Crippen molar-refractivity contribution in [1.82, 2.24) is 15.1 Å². The molecule has 8 nitrogen and oxygen atoms in total. The average molecular weight is 506 g/mol. The lowest BCUT2D eigenvalue weighted by molar-refractivity contribution is -0.128. The van der Waals surface area contributed by atoms with E-state index in [2.05, 4.69) is 5.32 Å². The Morgan fingerprint density at radius 2 is 1.76 bits per heavy atom. The fraction of sp³-hybridized carbons (Fsp3) is 0.321. The molecule has 3 aromatic rings. The van der Waals surface area contributed by atoms with Crippen molar-refractivity contribution in [3.8, 4) is 0 Å². The minimum Gasteiger partial charge on any atom is -0.467 e. The van der Waals surface area contributed by atoms with Crippen molar-refractivity contribution in [2.75, 3.05) is 19.7 Å². The number of furan rings is 1. The molecule has 3 heterocycles. The summed E-state index contributed by atoms with van der Waals surface area (Å²) in [4.78, 5) is 43.3. The zero-order valence-corrected chi connectivity index (χ0v) is 20.5. The number of carbonyl (C=O) groups is 3. The van der Waals surface area contributed by atoms with Crippen LogP contribution in [-0.2, 0) is 16.1 Å². The third-order valence-electron chi connectivity index (χ3n) is 6.99. The van der Waals surface area contributed by atoms with Gasteiger partial charge in [0.1, 0.15) is 23.3 Å². The number of halogens is 1. The Kier molecular flexibility index (Phi) is 6.80. The highest BCUT2D eigenvalue weighted by Crippen LogP contribution is 2.39. The van der Waals surface area contributed by atoms with E-state index in [1.807, 2.05) is 19.1 Å². The molecule has 192 valence electrons. The molecule has 0 saturated carbocycles. The molecule has 2 aliphatic rings. The maximum atomic E-state index is 13.8. The number of amides is 3. The molecule has 3 amide bonds. The summed E-state index contributed by atoms with van der Waals surface area (Å²) < 4.78 is 24.8. The number of ether oxygens (including phenoxy) is 1. The van der Waals surface area contributed by atoms with Gasteiger partial charge in [-0.15, -0.1) is 0 Å². The number of likely N-dealkylation sites (tertiary alicyclic amines) is 1. The SMILES string of the molecule is Cc1cccc(C(=O)N2C(C(=O)NCc3ccco3)COC23CCN(C(=O)c2ccc(F)cc2)CC3)c1. The van der Waals surface area contributed by atoms with E-state index in [4.69, 9.17) is 9.15 Å². The Hall–Kier alpha value is -3.98. The number of hydrogen-bond acceptors (Lipinski definition) is 5. The van der Waals surface area contributed by atoms with Gasteiger partial charge in [-0.05, 0) is 55.5 Å². The van der Waals surface area contributed by atoms with Crippen molar-refractivity contribution >= 4 is 17.7 Å². The van der Waals surface area contributed by atoms with Gasteiger partial charge in [0.25, 0.3) is 11.8 Å². The molecule has 0 bridgehead atoms. The summed E-state index contributed by atoms with van der Waals surface area (Å²) in [6.45, 7) is 2.80. The number of carbonyl (C=O) groups excluding carboxylic acids is 3. The molecule has 2 aliphatic heterocycles. The number of rotatable bonds is 5. The number of nitrogens with one attached hydrogen (secondary N) is 1. The zero-order valence-electron chi connectivity index (χ0n) is 20.5. The molecule has 2 fully saturated rings. The first-order chi connectivity index (χ1) is 17.9. The lowest BCUT2D eigenvalue weighted by Gasteiger charge is -2.44. The molecule has 9 heteroatoms. The Morgan fingerprint density at radius 1 is 1.00 bits per heavy atom. The molecule has 1 spiro atoms. The molecule has 1 aromatic heterocycles. The van der Waals surface area contributed by atoms with Crippen LogP contribution in [0.3, 0.4) is 0 Å². The van der Waals surface area contributed by atoms with Crippen molar-refractivity contribution in [1.29, 1.82) is 0 Å². The van der Waals surface area contributed by atoms with E-state index in [-0.39, 0.29) is 30.9 Å². The zero-order chi connectivity index (χ0) is 26.0. The standard InChI is InChI=1S/C28H28FN3O5/c1-19-4-2-5-21(16-19)27(35)32-24(25(33)30-17-23-6-3-15-36-23)18-37-28(32)11-13-31(14-12-28)26(34)20-7-9-22(29)10-8-20/h2-10,15-16,24H,11-14,17-18H2,1H3,(H,30,33). The van der Waals surface area contributed by atoms with Crippen LogP contribution >= 0.6 is 0 Å². The molecular weight excluding hydrogens is 477 g/mol. The summed E-state index contributed by atoms with van der Waals surface area (Å²) in [5, 5.41) is 2.85. The molecule has 2 aromatic carbocycles. The summed E-state index contributed by atoms with van der Waals surface area (Å²) in [6, 6.07) is 15.3. The summed E-state index contributed by atoms with van der Waals surface area (Å²) in [5.41, 5.74) is 0.775. The first-order valence-electron chi connectivity index (χ1n) is 12.3. The fourth-order valence-electron chi connectivity index (χ4n) is 5.02. The first-order valence-corrected chi connectivity index (χ1v) is 12.3. The van der Waals surface area contributed by atoms with Crippen molar-refractivity contribution in [2.24, 2.45) is 0 Å². The van der Waals surface area contributed by atoms with Gasteiger partial charge >= 0.3 is 0 Å². The van der Waals surface area contributed by atoms with E-state index in [1.54, 1.807) is 34.1 Å². The Morgan fingerprint density at radius 3 is 2.43 bits per heavy atom. The van der Waals surface area contributed by atoms with Gasteiger partial charge in [0.05, 0.1) is 19.4 Å². The van der Waals surface area contributed by atoms with Gasteiger partial charge < -0.3 is 19.4 Å². The number of piperidine rings is 1. The molecule has 0 aliphatic carbocycles. The molecule has 1 unspecified atom stereocenters. The van der Waals surface area contributed by atoms with Gasteiger partial charge in [0.2, 0.25) is 5.91 Å². The van der Waals surface area contributed by atoms with E-state index < -0.39 is 17.6 Å². The number of nitrogens with zero attached hydrogens (tertiary/aromatic N) is 2. The normalized spacial score (nSPS) is 18.7.